The number of benzene rings is 1. The summed E-state index contributed by atoms with van der Waals surface area (Å²) in [5.74, 6) is -0.0736. The molecule has 92 valence electrons. The van der Waals surface area contributed by atoms with Crippen LogP contribution in [0.5, 0.6) is 0 Å². The molecule has 1 aromatic rings. The highest BCUT2D eigenvalue weighted by atomic mass is 79.9. The fourth-order valence-corrected chi connectivity index (χ4v) is 2.01. The normalized spacial score (nSPS) is 9.76. The van der Waals surface area contributed by atoms with Gasteiger partial charge in [0.1, 0.15) is 0 Å². The Hall–Kier alpha value is -1.29. The van der Waals surface area contributed by atoms with Gasteiger partial charge in [-0.25, -0.2) is 0 Å². The highest BCUT2D eigenvalue weighted by Gasteiger charge is 2.08. The molecule has 0 bridgehead atoms. The number of halogens is 1. The van der Waals surface area contributed by atoms with E-state index in [1.165, 1.54) is 6.26 Å². The van der Waals surface area contributed by atoms with Crippen LogP contribution < -0.4 is 5.32 Å². The fourth-order valence-electron chi connectivity index (χ4n) is 1.34. The lowest BCUT2D eigenvalue weighted by Gasteiger charge is -2.07. The van der Waals surface area contributed by atoms with Gasteiger partial charge < -0.3 is 10.1 Å². The molecule has 0 saturated carbocycles. The van der Waals surface area contributed by atoms with Crippen LogP contribution in [-0.4, -0.2) is 19.1 Å². The first-order valence-electron chi connectivity index (χ1n) is 5.42. The molecule has 0 atom stereocenters. The van der Waals surface area contributed by atoms with E-state index in [0.717, 1.165) is 16.5 Å². The topological polar surface area (TPSA) is 38.3 Å². The summed E-state index contributed by atoms with van der Waals surface area (Å²) in [6.07, 6.45) is 2.17. The van der Waals surface area contributed by atoms with Crippen LogP contribution in [0.3, 0.4) is 0 Å². The summed E-state index contributed by atoms with van der Waals surface area (Å²) in [5.41, 5.74) is 1.77. The molecule has 1 rings (SSSR count). The summed E-state index contributed by atoms with van der Waals surface area (Å²) in [6, 6.07) is 5.66. The van der Waals surface area contributed by atoms with Crippen LogP contribution in [0.4, 0.5) is 0 Å². The van der Waals surface area contributed by atoms with Gasteiger partial charge in [0, 0.05) is 11.0 Å². The van der Waals surface area contributed by atoms with E-state index in [-0.39, 0.29) is 5.91 Å². The second kappa shape index (κ2) is 7.12. The number of hydrogen-bond acceptors (Lipinski definition) is 2. The van der Waals surface area contributed by atoms with Crippen molar-refractivity contribution >= 4 is 21.8 Å². The molecule has 1 amide bonds. The maximum atomic E-state index is 11.8. The van der Waals surface area contributed by atoms with Crippen LogP contribution >= 0.6 is 15.9 Å². The van der Waals surface area contributed by atoms with E-state index < -0.39 is 0 Å². The van der Waals surface area contributed by atoms with E-state index in [9.17, 15) is 4.79 Å². The number of carbonyl (C=O) groups is 1. The third-order valence-corrected chi connectivity index (χ3v) is 2.87. The van der Waals surface area contributed by atoms with Crippen molar-refractivity contribution in [3.05, 3.63) is 46.6 Å². The second-order valence-electron chi connectivity index (χ2n) is 3.63. The third-order valence-electron chi connectivity index (χ3n) is 2.21. The lowest BCUT2D eigenvalue weighted by atomic mass is 10.1. The highest BCUT2D eigenvalue weighted by molar-refractivity contribution is 9.10. The third kappa shape index (κ3) is 4.61. The standard InChI is InChI=1S/C13H16BrNO2/c1-3-17-8-4-7-15-13(16)11-6-5-10(2)9-12(11)14/h3,5-6,9H,1,4,7-8H2,2H3,(H,15,16). The van der Waals surface area contributed by atoms with E-state index >= 15 is 0 Å². The summed E-state index contributed by atoms with van der Waals surface area (Å²) in [6.45, 7) is 6.59. The molecular weight excluding hydrogens is 282 g/mol. The number of hydrogen-bond donors (Lipinski definition) is 1. The summed E-state index contributed by atoms with van der Waals surface area (Å²) in [4.78, 5) is 11.8. The zero-order valence-electron chi connectivity index (χ0n) is 9.83. The smallest absolute Gasteiger partial charge is 0.252 e. The summed E-state index contributed by atoms with van der Waals surface area (Å²) in [7, 11) is 0. The number of rotatable bonds is 6. The van der Waals surface area contributed by atoms with Crippen molar-refractivity contribution in [1.82, 2.24) is 5.32 Å². The minimum Gasteiger partial charge on any atom is -0.502 e. The minimum absolute atomic E-state index is 0.0736. The van der Waals surface area contributed by atoms with E-state index in [2.05, 4.69) is 27.8 Å². The van der Waals surface area contributed by atoms with Crippen LogP contribution in [0.25, 0.3) is 0 Å². The Balaban J connectivity index is 2.44. The van der Waals surface area contributed by atoms with Crippen molar-refractivity contribution in [1.29, 1.82) is 0 Å². The first kappa shape index (κ1) is 13.8. The Kier molecular flexibility index (Phi) is 5.77. The fraction of sp³-hybridized carbons (Fsp3) is 0.308. The predicted octanol–water partition coefficient (Wildman–Crippen LogP) is 3.04. The molecule has 0 radical (unpaired) electrons. The van der Waals surface area contributed by atoms with E-state index in [4.69, 9.17) is 4.74 Å². The van der Waals surface area contributed by atoms with Crippen LogP contribution in [0, 0.1) is 6.92 Å². The summed E-state index contributed by atoms with van der Waals surface area (Å²) >= 11 is 3.38. The average Bonchev–Trinajstić information content (AvgIpc) is 2.28. The summed E-state index contributed by atoms with van der Waals surface area (Å²) < 4.78 is 5.78. The maximum absolute atomic E-state index is 11.8. The van der Waals surface area contributed by atoms with E-state index in [0.29, 0.717) is 18.7 Å². The first-order chi connectivity index (χ1) is 8.15. The molecule has 0 aromatic heterocycles. The summed E-state index contributed by atoms with van der Waals surface area (Å²) in [5, 5.41) is 2.83. The van der Waals surface area contributed by atoms with Crippen molar-refractivity contribution in [3.8, 4) is 0 Å². The Bertz CT molecular complexity index is 404. The Morgan fingerprint density at radius 2 is 2.35 bits per heavy atom. The lowest BCUT2D eigenvalue weighted by Crippen LogP contribution is -2.25. The van der Waals surface area contributed by atoms with Gasteiger partial charge in [0.2, 0.25) is 0 Å². The van der Waals surface area contributed by atoms with Crippen molar-refractivity contribution in [3.63, 3.8) is 0 Å². The van der Waals surface area contributed by atoms with E-state index in [1.807, 2.05) is 25.1 Å². The SMILES string of the molecule is C=COCCCNC(=O)c1ccc(C)cc1Br. The Morgan fingerprint density at radius 1 is 1.59 bits per heavy atom. The average molecular weight is 298 g/mol. The predicted molar refractivity (Wildman–Crippen MR) is 72.0 cm³/mol. The molecule has 3 nitrogen and oxygen atoms in total. The number of aryl methyl sites for hydroxylation is 1. The molecule has 17 heavy (non-hydrogen) atoms. The van der Waals surface area contributed by atoms with Gasteiger partial charge in [-0.05, 0) is 47.0 Å². The molecule has 0 aliphatic rings. The monoisotopic (exact) mass is 297 g/mol. The zero-order chi connectivity index (χ0) is 12.7. The molecular formula is C13H16BrNO2. The minimum atomic E-state index is -0.0736. The zero-order valence-corrected chi connectivity index (χ0v) is 11.4. The molecule has 0 aliphatic carbocycles. The van der Waals surface area contributed by atoms with Gasteiger partial charge in [-0.15, -0.1) is 0 Å². The van der Waals surface area contributed by atoms with Gasteiger partial charge in [-0.1, -0.05) is 12.6 Å². The molecule has 0 aliphatic heterocycles. The van der Waals surface area contributed by atoms with Gasteiger partial charge in [-0.3, -0.25) is 4.79 Å². The highest BCUT2D eigenvalue weighted by Crippen LogP contribution is 2.18. The van der Waals surface area contributed by atoms with Gasteiger partial charge >= 0.3 is 0 Å². The van der Waals surface area contributed by atoms with E-state index in [1.54, 1.807) is 0 Å². The van der Waals surface area contributed by atoms with Crippen molar-refractivity contribution in [2.24, 2.45) is 0 Å². The lowest BCUT2D eigenvalue weighted by molar-refractivity contribution is 0.0949. The van der Waals surface area contributed by atoms with Crippen LogP contribution in [0.15, 0.2) is 35.5 Å². The molecule has 0 saturated heterocycles. The van der Waals surface area contributed by atoms with Gasteiger partial charge in [0.15, 0.2) is 0 Å². The van der Waals surface area contributed by atoms with Crippen molar-refractivity contribution in [2.75, 3.05) is 13.2 Å². The first-order valence-corrected chi connectivity index (χ1v) is 6.21. The molecule has 1 aromatic carbocycles. The van der Waals surface area contributed by atoms with Crippen molar-refractivity contribution < 1.29 is 9.53 Å². The molecule has 0 heterocycles. The van der Waals surface area contributed by atoms with Gasteiger partial charge in [0.05, 0.1) is 18.4 Å². The second-order valence-corrected chi connectivity index (χ2v) is 4.48. The van der Waals surface area contributed by atoms with Gasteiger partial charge in [0.25, 0.3) is 5.91 Å². The number of nitrogens with one attached hydrogen (secondary N) is 1. The molecule has 4 heteroatoms. The number of amides is 1. The van der Waals surface area contributed by atoms with Gasteiger partial charge in [-0.2, -0.15) is 0 Å². The van der Waals surface area contributed by atoms with Crippen LogP contribution in [0.2, 0.25) is 0 Å². The molecule has 0 unspecified atom stereocenters. The number of carbonyl (C=O) groups excluding carboxylic acids is 1. The Morgan fingerprint density at radius 3 is 3.00 bits per heavy atom. The molecule has 1 N–H and O–H groups in total. The van der Waals surface area contributed by atoms with Crippen LogP contribution in [-0.2, 0) is 4.74 Å². The maximum Gasteiger partial charge on any atom is 0.252 e. The quantitative estimate of drug-likeness (QED) is 0.647. The molecule has 0 spiro atoms. The molecule has 0 fully saturated rings. The van der Waals surface area contributed by atoms with Crippen LogP contribution in [0.1, 0.15) is 22.3 Å². The Labute approximate surface area is 110 Å². The van der Waals surface area contributed by atoms with Crippen molar-refractivity contribution in [2.45, 2.75) is 13.3 Å². The largest absolute Gasteiger partial charge is 0.502 e. The number of ether oxygens (including phenoxy) is 1.